The van der Waals surface area contributed by atoms with Crippen molar-refractivity contribution in [2.24, 2.45) is 0 Å². The molecule has 1 heterocycles. The Kier molecular flexibility index (Phi) is 4.11. The monoisotopic (exact) mass is 180 g/mol. The second-order valence-corrected chi connectivity index (χ2v) is 2.33. The summed E-state index contributed by atoms with van der Waals surface area (Å²) >= 11 is 5.48. The van der Waals surface area contributed by atoms with E-state index in [0.29, 0.717) is 0 Å². The van der Waals surface area contributed by atoms with Crippen molar-refractivity contribution in [1.29, 1.82) is 0 Å². The van der Waals surface area contributed by atoms with E-state index in [9.17, 15) is 4.79 Å². The van der Waals surface area contributed by atoms with E-state index in [-0.39, 0.29) is 35.3 Å². The number of carboxylic acids is 1. The number of nitrogen functional groups attached to an aromatic ring is 1. The van der Waals surface area contributed by atoms with Crippen LogP contribution in [0.5, 0.6) is 0 Å². The molecule has 0 aromatic carbocycles. The van der Waals surface area contributed by atoms with Gasteiger partial charge in [0.25, 0.3) is 0 Å². The van der Waals surface area contributed by atoms with E-state index in [1.54, 1.807) is 0 Å². The molecule has 60 valence electrons. The van der Waals surface area contributed by atoms with Crippen LogP contribution < -0.4 is 5.73 Å². The average Bonchev–Trinajstić information content (AvgIpc) is 1.94. The number of carbonyl (C=O) groups is 1. The summed E-state index contributed by atoms with van der Waals surface area (Å²) in [6.07, 6.45) is 1.29. The third kappa shape index (κ3) is 2.42. The number of anilines is 1. The number of carboxylic acid groups (broad SMARTS) is 1. The Morgan fingerprint density at radius 3 is 2.67 bits per heavy atom. The van der Waals surface area contributed by atoms with Gasteiger partial charge in [-0.25, -0.2) is 9.78 Å². The first-order valence-electron chi connectivity index (χ1n) is 2.75. The van der Waals surface area contributed by atoms with Crippen molar-refractivity contribution < 1.29 is 9.90 Å². The van der Waals surface area contributed by atoms with E-state index in [0.717, 1.165) is 0 Å². The zero-order chi connectivity index (χ0) is 8.43. The summed E-state index contributed by atoms with van der Waals surface area (Å²) in [5, 5.41) is 8.77. The first-order chi connectivity index (χ1) is 5.11. The van der Waals surface area contributed by atoms with Crippen molar-refractivity contribution in [3.05, 3.63) is 22.8 Å². The van der Waals surface area contributed by atoms with Gasteiger partial charge in [-0.1, -0.05) is 11.6 Å². The molecule has 0 aliphatic heterocycles. The van der Waals surface area contributed by atoms with Gasteiger partial charge in [-0.2, -0.15) is 0 Å². The third-order valence-electron chi connectivity index (χ3n) is 1.12. The number of nitrogens with two attached hydrogens (primary N) is 1. The second-order valence-electron chi connectivity index (χ2n) is 1.89. The summed E-state index contributed by atoms with van der Waals surface area (Å²) in [5.74, 6) is -1.15. The number of aromatic nitrogens is 1. The van der Waals surface area contributed by atoms with Crippen molar-refractivity contribution in [2.75, 3.05) is 5.73 Å². The Balaban J connectivity index is 0.00000121. The van der Waals surface area contributed by atoms with Crippen LogP contribution in [0, 0.1) is 0 Å². The van der Waals surface area contributed by atoms with Crippen LogP contribution in [-0.2, 0) is 0 Å². The van der Waals surface area contributed by atoms with Crippen LogP contribution in [0.3, 0.4) is 0 Å². The summed E-state index contributed by atoms with van der Waals surface area (Å²) in [4.78, 5) is 14.0. The molecule has 0 saturated carbocycles. The molecule has 0 spiro atoms. The van der Waals surface area contributed by atoms with E-state index in [2.05, 4.69) is 4.98 Å². The number of pyridine rings is 1. The van der Waals surface area contributed by atoms with Gasteiger partial charge >= 0.3 is 24.8 Å². The molecule has 0 radical (unpaired) electrons. The maximum atomic E-state index is 10.4. The molecule has 4 nitrogen and oxygen atoms in total. The molecule has 0 aliphatic rings. The van der Waals surface area contributed by atoms with Crippen LogP contribution >= 0.6 is 11.6 Å². The fourth-order valence-electron chi connectivity index (χ4n) is 0.621. The van der Waals surface area contributed by atoms with Gasteiger partial charge in [-0.05, 0) is 6.07 Å². The van der Waals surface area contributed by atoms with E-state index in [1.165, 1.54) is 12.3 Å². The average molecular weight is 181 g/mol. The first-order valence-corrected chi connectivity index (χ1v) is 3.13. The van der Waals surface area contributed by atoms with Gasteiger partial charge in [-0.15, -0.1) is 0 Å². The Morgan fingerprint density at radius 1 is 1.67 bits per heavy atom. The van der Waals surface area contributed by atoms with Crippen molar-refractivity contribution in [1.82, 2.24) is 4.98 Å². The maximum absolute atomic E-state index is 10.4. The summed E-state index contributed by atoms with van der Waals surface area (Å²) < 4.78 is 0. The molecule has 3 N–H and O–H groups in total. The number of aromatic carboxylic acids is 1. The van der Waals surface area contributed by atoms with Crippen molar-refractivity contribution in [2.45, 2.75) is 0 Å². The molecule has 0 unspecified atom stereocenters. The molecule has 6 heteroatoms. The van der Waals surface area contributed by atoms with Gasteiger partial charge in [0, 0.05) is 6.20 Å². The fraction of sp³-hybridized carbons (Fsp3) is 0. The SMILES string of the molecule is Nc1ncc(Cl)cc1C(=O)O.[LiH]. The zero-order valence-electron chi connectivity index (χ0n) is 5.41. The predicted molar refractivity (Wildman–Crippen MR) is 47.8 cm³/mol. The zero-order valence-corrected chi connectivity index (χ0v) is 6.17. The second kappa shape index (κ2) is 4.36. The fourth-order valence-corrected chi connectivity index (χ4v) is 0.779. The van der Waals surface area contributed by atoms with Crippen molar-refractivity contribution in [3.8, 4) is 0 Å². The number of rotatable bonds is 1. The molecule has 1 aromatic rings. The van der Waals surface area contributed by atoms with Gasteiger partial charge in [-0.3, -0.25) is 0 Å². The number of hydrogen-bond donors (Lipinski definition) is 2. The molecule has 0 saturated heterocycles. The number of nitrogens with zero attached hydrogens (tertiary/aromatic N) is 1. The molecule has 0 bridgehead atoms. The van der Waals surface area contributed by atoms with Crippen LogP contribution in [0.15, 0.2) is 12.3 Å². The molecule has 0 aliphatic carbocycles. The topological polar surface area (TPSA) is 76.2 Å². The summed E-state index contributed by atoms with van der Waals surface area (Å²) in [5.41, 5.74) is 5.17. The first kappa shape index (κ1) is 11.3. The van der Waals surface area contributed by atoms with E-state index >= 15 is 0 Å². The van der Waals surface area contributed by atoms with Crippen molar-refractivity contribution in [3.63, 3.8) is 0 Å². The molecule has 0 fully saturated rings. The van der Waals surface area contributed by atoms with Gasteiger partial charge < -0.3 is 10.8 Å². The minimum absolute atomic E-state index is 0. The van der Waals surface area contributed by atoms with Gasteiger partial charge in [0.05, 0.1) is 5.02 Å². The van der Waals surface area contributed by atoms with Crippen LogP contribution in [0.4, 0.5) is 5.82 Å². The quantitative estimate of drug-likeness (QED) is 0.612. The van der Waals surface area contributed by atoms with Gasteiger partial charge in [0.1, 0.15) is 11.4 Å². The Hall–Kier alpha value is -0.693. The van der Waals surface area contributed by atoms with Gasteiger partial charge in [0.2, 0.25) is 0 Å². The molecule has 1 rings (SSSR count). The normalized spacial score (nSPS) is 8.75. The third-order valence-corrected chi connectivity index (χ3v) is 1.32. The standard InChI is InChI=1S/C6H5ClN2O2.Li.H/c7-3-1-4(6(10)11)5(8)9-2-3;;/h1-2H,(H2,8,9)(H,10,11);;. The van der Waals surface area contributed by atoms with Gasteiger partial charge in [0.15, 0.2) is 0 Å². The molecule has 1 aromatic heterocycles. The van der Waals surface area contributed by atoms with Crippen molar-refractivity contribution >= 4 is 42.2 Å². The molecule has 0 amide bonds. The molecular formula is C6H6ClLiN2O2. The number of hydrogen-bond acceptors (Lipinski definition) is 3. The number of halogens is 1. The molecule has 12 heavy (non-hydrogen) atoms. The summed E-state index contributed by atoms with van der Waals surface area (Å²) in [6.45, 7) is 0. The van der Waals surface area contributed by atoms with Crippen LogP contribution in [-0.4, -0.2) is 34.9 Å². The Labute approximate surface area is 85.9 Å². The molecule has 0 atom stereocenters. The van der Waals surface area contributed by atoms with Crippen LogP contribution in [0.1, 0.15) is 10.4 Å². The molecular weight excluding hydrogens is 174 g/mol. The van der Waals surface area contributed by atoms with Crippen LogP contribution in [0.2, 0.25) is 5.02 Å². The van der Waals surface area contributed by atoms with E-state index < -0.39 is 5.97 Å². The Bertz CT molecular complexity index is 306. The van der Waals surface area contributed by atoms with E-state index in [4.69, 9.17) is 22.4 Å². The van der Waals surface area contributed by atoms with Crippen LogP contribution in [0.25, 0.3) is 0 Å². The predicted octanol–water partition coefficient (Wildman–Crippen LogP) is 0.367. The Morgan fingerprint density at radius 2 is 2.25 bits per heavy atom. The summed E-state index contributed by atoms with van der Waals surface area (Å²) in [7, 11) is 0. The van der Waals surface area contributed by atoms with E-state index in [1.807, 2.05) is 0 Å². The summed E-state index contributed by atoms with van der Waals surface area (Å²) in [6, 6.07) is 1.26. The minimum atomic E-state index is -1.13.